The second-order valence-electron chi connectivity index (χ2n) is 4.87. The lowest BCUT2D eigenvalue weighted by atomic mass is 9.84. The highest BCUT2D eigenvalue weighted by molar-refractivity contribution is 5.39. The zero-order valence-corrected chi connectivity index (χ0v) is 10.1. The van der Waals surface area contributed by atoms with Crippen molar-refractivity contribution in [2.45, 2.75) is 25.7 Å². The van der Waals surface area contributed by atoms with E-state index in [1.165, 1.54) is 18.5 Å². The summed E-state index contributed by atoms with van der Waals surface area (Å²) < 4.78 is 1.87. The molecule has 1 saturated heterocycles. The molecule has 1 aliphatic rings. The molecule has 0 saturated carbocycles. The molecule has 0 radical (unpaired) electrons. The summed E-state index contributed by atoms with van der Waals surface area (Å²) in [5.74, 6) is 1.28. The van der Waals surface area contributed by atoms with Crippen LogP contribution in [0.15, 0.2) is 24.5 Å². The van der Waals surface area contributed by atoms with Crippen LogP contribution in [0.1, 0.15) is 31.4 Å². The summed E-state index contributed by atoms with van der Waals surface area (Å²) in [6, 6.07) is 4.03. The number of rotatable bonds is 2. The molecule has 4 nitrogen and oxygen atoms in total. The standard InChI is InChI=1S/C13H18N4/c1-10(11-3-6-14-7-4-11)12-9-13-15-5-2-8-17(13)16-12/h2,5,8-11,14H,3-4,6-7H2,1H3. The summed E-state index contributed by atoms with van der Waals surface area (Å²) in [6.45, 7) is 4.57. The number of aromatic nitrogens is 3. The Morgan fingerprint density at radius 1 is 1.41 bits per heavy atom. The van der Waals surface area contributed by atoms with E-state index in [9.17, 15) is 0 Å². The minimum atomic E-state index is 0.527. The maximum absolute atomic E-state index is 4.62. The number of fused-ring (bicyclic) bond motifs is 1. The van der Waals surface area contributed by atoms with Crippen LogP contribution in [-0.4, -0.2) is 27.7 Å². The number of nitrogens with one attached hydrogen (secondary N) is 1. The van der Waals surface area contributed by atoms with Gasteiger partial charge < -0.3 is 5.32 Å². The smallest absolute Gasteiger partial charge is 0.155 e. The van der Waals surface area contributed by atoms with Crippen molar-refractivity contribution >= 4 is 5.65 Å². The summed E-state index contributed by atoms with van der Waals surface area (Å²) in [6.07, 6.45) is 6.28. The average Bonchev–Trinajstić information content (AvgIpc) is 2.82. The topological polar surface area (TPSA) is 42.2 Å². The molecule has 0 aromatic carbocycles. The van der Waals surface area contributed by atoms with Gasteiger partial charge in [-0.25, -0.2) is 9.50 Å². The fraction of sp³-hybridized carbons (Fsp3) is 0.538. The first kappa shape index (κ1) is 10.7. The zero-order valence-electron chi connectivity index (χ0n) is 10.1. The summed E-state index contributed by atoms with van der Waals surface area (Å²) in [4.78, 5) is 4.32. The van der Waals surface area contributed by atoms with E-state index in [4.69, 9.17) is 0 Å². The van der Waals surface area contributed by atoms with Gasteiger partial charge in [0.05, 0.1) is 5.69 Å². The predicted molar refractivity (Wildman–Crippen MR) is 67.0 cm³/mol. The zero-order chi connectivity index (χ0) is 11.7. The van der Waals surface area contributed by atoms with Crippen molar-refractivity contribution in [1.82, 2.24) is 19.9 Å². The van der Waals surface area contributed by atoms with E-state index < -0.39 is 0 Å². The lowest BCUT2D eigenvalue weighted by molar-refractivity contribution is 0.326. The Kier molecular flexibility index (Phi) is 2.81. The highest BCUT2D eigenvalue weighted by atomic mass is 15.2. The molecule has 17 heavy (non-hydrogen) atoms. The molecule has 0 amide bonds. The van der Waals surface area contributed by atoms with E-state index in [0.717, 1.165) is 24.7 Å². The van der Waals surface area contributed by atoms with Crippen molar-refractivity contribution in [3.63, 3.8) is 0 Å². The quantitative estimate of drug-likeness (QED) is 0.856. The van der Waals surface area contributed by atoms with Crippen LogP contribution in [0.3, 0.4) is 0 Å². The fourth-order valence-corrected chi connectivity index (χ4v) is 2.66. The Morgan fingerprint density at radius 3 is 3.00 bits per heavy atom. The molecule has 0 bridgehead atoms. The number of hydrogen-bond acceptors (Lipinski definition) is 3. The van der Waals surface area contributed by atoms with Crippen molar-refractivity contribution in [3.05, 3.63) is 30.2 Å². The Balaban J connectivity index is 1.86. The molecular formula is C13H18N4. The first-order chi connectivity index (χ1) is 8.34. The first-order valence-electron chi connectivity index (χ1n) is 6.35. The number of hydrogen-bond donors (Lipinski definition) is 1. The molecule has 1 N–H and O–H groups in total. The van der Waals surface area contributed by atoms with Crippen LogP contribution in [0.5, 0.6) is 0 Å². The Labute approximate surface area is 101 Å². The van der Waals surface area contributed by atoms with Gasteiger partial charge in [0.25, 0.3) is 0 Å². The van der Waals surface area contributed by atoms with Crippen LogP contribution in [0.25, 0.3) is 5.65 Å². The third kappa shape index (κ3) is 2.05. The van der Waals surface area contributed by atoms with Crippen LogP contribution in [0.2, 0.25) is 0 Å². The molecule has 2 aromatic heterocycles. The molecular weight excluding hydrogens is 212 g/mol. The van der Waals surface area contributed by atoms with Crippen molar-refractivity contribution < 1.29 is 0 Å². The summed E-state index contributed by atoms with van der Waals surface area (Å²) in [5.41, 5.74) is 2.12. The third-order valence-corrected chi connectivity index (χ3v) is 3.81. The molecule has 1 unspecified atom stereocenters. The van der Waals surface area contributed by atoms with E-state index in [2.05, 4.69) is 28.4 Å². The maximum Gasteiger partial charge on any atom is 0.155 e. The highest BCUT2D eigenvalue weighted by Gasteiger charge is 2.23. The minimum absolute atomic E-state index is 0.527. The number of piperidine rings is 1. The molecule has 90 valence electrons. The SMILES string of the molecule is CC(c1cc2ncccn2n1)C1CCNCC1. The largest absolute Gasteiger partial charge is 0.317 e. The fourth-order valence-electron chi connectivity index (χ4n) is 2.66. The van der Waals surface area contributed by atoms with Crippen molar-refractivity contribution in [1.29, 1.82) is 0 Å². The Morgan fingerprint density at radius 2 is 2.24 bits per heavy atom. The molecule has 0 aliphatic carbocycles. The molecule has 1 fully saturated rings. The Bertz CT molecular complexity index is 466. The molecule has 1 aliphatic heterocycles. The lowest BCUT2D eigenvalue weighted by Crippen LogP contribution is -2.30. The average molecular weight is 230 g/mol. The molecule has 1 atom stereocenters. The molecule has 3 rings (SSSR count). The van der Waals surface area contributed by atoms with Gasteiger partial charge in [0.1, 0.15) is 0 Å². The molecule has 3 heterocycles. The lowest BCUT2D eigenvalue weighted by Gasteiger charge is -2.27. The molecule has 4 heteroatoms. The van der Waals surface area contributed by atoms with Crippen molar-refractivity contribution in [2.75, 3.05) is 13.1 Å². The maximum atomic E-state index is 4.62. The molecule has 0 spiro atoms. The summed E-state index contributed by atoms with van der Waals surface area (Å²) in [5, 5.41) is 8.03. The van der Waals surface area contributed by atoms with Gasteiger partial charge in [0.2, 0.25) is 0 Å². The Hall–Kier alpha value is -1.42. The van der Waals surface area contributed by atoms with E-state index in [1.807, 2.05) is 23.0 Å². The van der Waals surface area contributed by atoms with E-state index >= 15 is 0 Å². The normalized spacial score (nSPS) is 19.6. The van der Waals surface area contributed by atoms with Crippen LogP contribution in [-0.2, 0) is 0 Å². The van der Waals surface area contributed by atoms with Gasteiger partial charge >= 0.3 is 0 Å². The van der Waals surface area contributed by atoms with Gasteiger partial charge in [0.15, 0.2) is 5.65 Å². The van der Waals surface area contributed by atoms with Gasteiger partial charge in [0, 0.05) is 24.4 Å². The van der Waals surface area contributed by atoms with E-state index in [-0.39, 0.29) is 0 Å². The van der Waals surface area contributed by atoms with Crippen molar-refractivity contribution in [2.24, 2.45) is 5.92 Å². The van der Waals surface area contributed by atoms with Gasteiger partial charge in [-0.15, -0.1) is 0 Å². The third-order valence-electron chi connectivity index (χ3n) is 3.81. The second-order valence-corrected chi connectivity index (χ2v) is 4.87. The van der Waals surface area contributed by atoms with E-state index in [1.54, 1.807) is 0 Å². The molecule has 2 aromatic rings. The van der Waals surface area contributed by atoms with Gasteiger partial charge in [-0.2, -0.15) is 5.10 Å². The van der Waals surface area contributed by atoms with Crippen molar-refractivity contribution in [3.8, 4) is 0 Å². The van der Waals surface area contributed by atoms with Crippen LogP contribution in [0, 0.1) is 5.92 Å². The first-order valence-corrected chi connectivity index (χ1v) is 6.35. The van der Waals surface area contributed by atoms with E-state index in [0.29, 0.717) is 5.92 Å². The monoisotopic (exact) mass is 230 g/mol. The number of nitrogens with zero attached hydrogens (tertiary/aromatic N) is 3. The minimum Gasteiger partial charge on any atom is -0.317 e. The van der Waals surface area contributed by atoms with Crippen LogP contribution < -0.4 is 5.32 Å². The van der Waals surface area contributed by atoms with Crippen LogP contribution in [0.4, 0.5) is 0 Å². The van der Waals surface area contributed by atoms with Gasteiger partial charge in [-0.05, 0) is 37.9 Å². The van der Waals surface area contributed by atoms with Crippen LogP contribution >= 0.6 is 0 Å². The predicted octanol–water partition coefficient (Wildman–Crippen LogP) is 1.83. The second kappa shape index (κ2) is 4.45. The summed E-state index contributed by atoms with van der Waals surface area (Å²) in [7, 11) is 0. The van der Waals surface area contributed by atoms with Gasteiger partial charge in [-0.3, -0.25) is 0 Å². The summed E-state index contributed by atoms with van der Waals surface area (Å²) >= 11 is 0. The van der Waals surface area contributed by atoms with Gasteiger partial charge in [-0.1, -0.05) is 6.92 Å². The highest BCUT2D eigenvalue weighted by Crippen LogP contribution is 2.29.